The highest BCUT2D eigenvalue weighted by Crippen LogP contribution is 2.10. The third kappa shape index (κ3) is 7.56. The average Bonchev–Trinajstić information content (AvgIpc) is 2.90. The van der Waals surface area contributed by atoms with Crippen molar-refractivity contribution in [1.82, 2.24) is 15.1 Å². The minimum Gasteiger partial charge on any atom is -0.444 e. The molecule has 0 aliphatic carbocycles. The number of hydrogen-bond acceptors (Lipinski definition) is 4. The van der Waals surface area contributed by atoms with Crippen molar-refractivity contribution < 1.29 is 23.5 Å². The van der Waals surface area contributed by atoms with Crippen LogP contribution in [-0.4, -0.2) is 66.0 Å². The van der Waals surface area contributed by atoms with Crippen LogP contribution >= 0.6 is 0 Å². The molecule has 1 aliphatic heterocycles. The minimum absolute atomic E-state index is 0.157. The first-order chi connectivity index (χ1) is 13.7. The van der Waals surface area contributed by atoms with E-state index in [2.05, 4.69) is 5.32 Å². The number of amides is 3. The molecular weight excluding hydrogens is 377 g/mol. The van der Waals surface area contributed by atoms with Crippen LogP contribution in [0.15, 0.2) is 30.3 Å². The van der Waals surface area contributed by atoms with E-state index in [4.69, 9.17) is 4.74 Å². The number of hydrogen-bond donors (Lipinski definition) is 1. The van der Waals surface area contributed by atoms with E-state index < -0.39 is 11.7 Å². The molecule has 29 heavy (non-hydrogen) atoms. The maximum Gasteiger partial charge on any atom is 0.408 e. The molecule has 158 valence electrons. The number of carbonyl (C=O) groups excluding carboxylic acids is 3. The highest BCUT2D eigenvalue weighted by atomic mass is 19.1. The van der Waals surface area contributed by atoms with Gasteiger partial charge in [0.1, 0.15) is 18.0 Å². The second-order valence-corrected chi connectivity index (χ2v) is 7.77. The summed E-state index contributed by atoms with van der Waals surface area (Å²) in [6.07, 6.45) is 2.78. The van der Waals surface area contributed by atoms with E-state index >= 15 is 0 Å². The van der Waals surface area contributed by atoms with Crippen molar-refractivity contribution in [1.29, 1.82) is 0 Å². The Hall–Kier alpha value is -2.90. The monoisotopic (exact) mass is 405 g/mol. The Balaban J connectivity index is 1.83. The Morgan fingerprint density at radius 2 is 1.76 bits per heavy atom. The van der Waals surface area contributed by atoms with E-state index in [1.165, 1.54) is 18.2 Å². The van der Waals surface area contributed by atoms with E-state index in [0.717, 1.165) is 0 Å². The minimum atomic E-state index is -0.643. The lowest BCUT2D eigenvalue weighted by molar-refractivity contribution is -0.131. The molecule has 1 N–H and O–H groups in total. The lowest BCUT2D eigenvalue weighted by atomic mass is 10.2. The molecule has 2 rings (SSSR count). The largest absolute Gasteiger partial charge is 0.444 e. The lowest BCUT2D eigenvalue weighted by Crippen LogP contribution is -2.43. The Kier molecular flexibility index (Phi) is 7.75. The summed E-state index contributed by atoms with van der Waals surface area (Å²) in [6.45, 7) is 6.82. The number of nitrogens with zero attached hydrogens (tertiary/aromatic N) is 2. The predicted octanol–water partition coefficient (Wildman–Crippen LogP) is 2.42. The summed E-state index contributed by atoms with van der Waals surface area (Å²) in [4.78, 5) is 39.7. The zero-order valence-corrected chi connectivity index (χ0v) is 17.1. The van der Waals surface area contributed by atoms with Gasteiger partial charge in [0.15, 0.2) is 0 Å². The van der Waals surface area contributed by atoms with Gasteiger partial charge in [-0.05, 0) is 39.3 Å². The van der Waals surface area contributed by atoms with E-state index in [-0.39, 0.29) is 24.2 Å². The topological polar surface area (TPSA) is 79.0 Å². The van der Waals surface area contributed by atoms with Crippen LogP contribution in [0.2, 0.25) is 0 Å². The number of rotatable bonds is 4. The first-order valence-electron chi connectivity index (χ1n) is 9.62. The molecule has 1 aromatic rings. The van der Waals surface area contributed by atoms with E-state index in [9.17, 15) is 18.8 Å². The van der Waals surface area contributed by atoms with Gasteiger partial charge in [0.2, 0.25) is 11.8 Å². The van der Waals surface area contributed by atoms with Gasteiger partial charge in [0, 0.05) is 37.8 Å². The lowest BCUT2D eigenvalue weighted by Gasteiger charge is -2.23. The van der Waals surface area contributed by atoms with Crippen molar-refractivity contribution in [3.63, 3.8) is 0 Å². The fourth-order valence-electron chi connectivity index (χ4n) is 2.84. The average molecular weight is 405 g/mol. The standard InChI is InChI=1S/C21H28FN3O4/c1-21(2,3)29-20(28)23-15-19(27)25-12-6-11-24(13-14-25)18(26)10-9-16-7-4-5-8-17(16)22/h4-5,7-10H,6,11-15H2,1-3H3,(H,23,28)/b10-9+. The molecule has 0 atom stereocenters. The molecule has 0 aromatic heterocycles. The normalized spacial score (nSPS) is 15.2. The third-order valence-corrected chi connectivity index (χ3v) is 4.25. The van der Waals surface area contributed by atoms with E-state index in [0.29, 0.717) is 38.2 Å². The van der Waals surface area contributed by atoms with Crippen LogP contribution in [0.1, 0.15) is 32.8 Å². The number of ether oxygens (including phenoxy) is 1. The Morgan fingerprint density at radius 3 is 2.45 bits per heavy atom. The molecule has 0 radical (unpaired) electrons. The highest BCUT2D eigenvalue weighted by Gasteiger charge is 2.22. The van der Waals surface area contributed by atoms with Gasteiger partial charge in [-0.1, -0.05) is 18.2 Å². The third-order valence-electron chi connectivity index (χ3n) is 4.25. The molecule has 0 spiro atoms. The molecule has 1 heterocycles. The Morgan fingerprint density at radius 1 is 1.10 bits per heavy atom. The van der Waals surface area contributed by atoms with Crippen molar-refractivity contribution in [3.05, 3.63) is 41.7 Å². The van der Waals surface area contributed by atoms with Crippen LogP contribution in [0.4, 0.5) is 9.18 Å². The van der Waals surface area contributed by atoms with E-state index in [1.807, 2.05) is 0 Å². The predicted molar refractivity (Wildman–Crippen MR) is 107 cm³/mol. The molecule has 7 nitrogen and oxygen atoms in total. The van der Waals surface area contributed by atoms with Crippen LogP contribution in [0, 0.1) is 5.82 Å². The summed E-state index contributed by atoms with van der Waals surface area (Å²) in [6, 6.07) is 6.23. The van der Waals surface area contributed by atoms with Crippen LogP contribution in [-0.2, 0) is 14.3 Å². The highest BCUT2D eigenvalue weighted by molar-refractivity contribution is 5.92. The molecule has 1 saturated heterocycles. The number of halogens is 1. The molecule has 1 aliphatic rings. The fraction of sp³-hybridized carbons (Fsp3) is 0.476. The van der Waals surface area contributed by atoms with Crippen molar-refractivity contribution in [3.8, 4) is 0 Å². The fourth-order valence-corrected chi connectivity index (χ4v) is 2.84. The van der Waals surface area contributed by atoms with Crippen LogP contribution in [0.5, 0.6) is 0 Å². The first kappa shape index (κ1) is 22.4. The summed E-state index contributed by atoms with van der Waals surface area (Å²) in [7, 11) is 0. The van der Waals surface area contributed by atoms with Gasteiger partial charge in [-0.15, -0.1) is 0 Å². The molecular formula is C21H28FN3O4. The summed E-state index contributed by atoms with van der Waals surface area (Å²) < 4.78 is 18.8. The number of carbonyl (C=O) groups is 3. The van der Waals surface area contributed by atoms with Gasteiger partial charge in [0.05, 0.1) is 0 Å². The van der Waals surface area contributed by atoms with Gasteiger partial charge < -0.3 is 19.9 Å². The maximum absolute atomic E-state index is 13.6. The molecule has 3 amide bonds. The molecule has 1 aromatic carbocycles. The molecule has 0 unspecified atom stereocenters. The zero-order chi connectivity index (χ0) is 21.4. The molecule has 0 bridgehead atoms. The van der Waals surface area contributed by atoms with Crippen molar-refractivity contribution in [2.24, 2.45) is 0 Å². The summed E-state index contributed by atoms with van der Waals surface area (Å²) >= 11 is 0. The summed E-state index contributed by atoms with van der Waals surface area (Å²) in [5.41, 5.74) is -0.284. The first-order valence-corrected chi connectivity index (χ1v) is 9.62. The Bertz CT molecular complexity index is 773. The number of alkyl carbamates (subject to hydrolysis) is 1. The molecule has 8 heteroatoms. The van der Waals surface area contributed by atoms with Gasteiger partial charge >= 0.3 is 6.09 Å². The van der Waals surface area contributed by atoms with Gasteiger partial charge in [-0.2, -0.15) is 0 Å². The Labute approximate surface area is 170 Å². The molecule has 0 saturated carbocycles. The van der Waals surface area contributed by atoms with Gasteiger partial charge in [-0.25, -0.2) is 9.18 Å². The van der Waals surface area contributed by atoms with E-state index in [1.54, 1.807) is 48.8 Å². The second-order valence-electron chi connectivity index (χ2n) is 7.77. The van der Waals surface area contributed by atoms with Crippen LogP contribution in [0.3, 0.4) is 0 Å². The van der Waals surface area contributed by atoms with Crippen molar-refractivity contribution >= 4 is 24.0 Å². The second kappa shape index (κ2) is 10.0. The summed E-state index contributed by atoms with van der Waals surface area (Å²) in [5.74, 6) is -0.844. The smallest absolute Gasteiger partial charge is 0.408 e. The van der Waals surface area contributed by atoms with Crippen molar-refractivity contribution in [2.45, 2.75) is 32.8 Å². The quantitative estimate of drug-likeness (QED) is 0.781. The number of benzene rings is 1. The molecule has 1 fully saturated rings. The zero-order valence-electron chi connectivity index (χ0n) is 17.1. The number of nitrogens with one attached hydrogen (secondary N) is 1. The van der Waals surface area contributed by atoms with Crippen LogP contribution in [0.25, 0.3) is 6.08 Å². The summed E-state index contributed by atoms with van der Waals surface area (Å²) in [5, 5.41) is 2.45. The van der Waals surface area contributed by atoms with Crippen LogP contribution < -0.4 is 5.32 Å². The van der Waals surface area contributed by atoms with Gasteiger partial charge in [-0.3, -0.25) is 9.59 Å². The van der Waals surface area contributed by atoms with Gasteiger partial charge in [0.25, 0.3) is 0 Å². The maximum atomic E-state index is 13.6. The van der Waals surface area contributed by atoms with Crippen molar-refractivity contribution in [2.75, 3.05) is 32.7 Å². The SMILES string of the molecule is CC(C)(C)OC(=O)NCC(=O)N1CCCN(C(=O)/C=C/c2ccccc2F)CC1.